The molecule has 5 nitrogen and oxygen atoms in total. The number of carbonyl (C=O) groups is 2. The molecule has 2 rings (SSSR count). The van der Waals surface area contributed by atoms with Gasteiger partial charge in [-0.15, -0.1) is 6.58 Å². The largest absolute Gasteiger partial charge is 0.489 e. The van der Waals surface area contributed by atoms with Crippen molar-refractivity contribution in [3.05, 3.63) is 72.8 Å². The van der Waals surface area contributed by atoms with Crippen LogP contribution >= 0.6 is 0 Å². The molecule has 0 fully saturated rings. The second kappa shape index (κ2) is 8.85. The Balaban J connectivity index is 1.92. The SMILES string of the molecule is C=CCNC(=O)C(C)(C)C(=O)Nc1ccc(OCc2ccccc2)cc1. The van der Waals surface area contributed by atoms with Gasteiger partial charge in [0.15, 0.2) is 0 Å². The van der Waals surface area contributed by atoms with Crippen molar-refractivity contribution in [1.29, 1.82) is 0 Å². The molecule has 0 unspecified atom stereocenters. The molecule has 5 heteroatoms. The van der Waals surface area contributed by atoms with Crippen LogP contribution in [-0.2, 0) is 16.2 Å². The van der Waals surface area contributed by atoms with E-state index in [4.69, 9.17) is 4.74 Å². The van der Waals surface area contributed by atoms with E-state index in [0.29, 0.717) is 24.6 Å². The number of benzene rings is 2. The highest BCUT2D eigenvalue weighted by Crippen LogP contribution is 2.21. The highest BCUT2D eigenvalue weighted by molar-refractivity contribution is 6.09. The van der Waals surface area contributed by atoms with Crippen LogP contribution in [-0.4, -0.2) is 18.4 Å². The standard InChI is InChI=1S/C21H24N2O3/c1-4-14-22-19(24)21(2,3)20(25)23-17-10-12-18(13-11-17)26-15-16-8-6-5-7-9-16/h4-13H,1,14-15H2,2-3H3,(H,22,24)(H,23,25). The molecule has 0 aliphatic heterocycles. The molecule has 0 aliphatic rings. The van der Waals surface area contributed by atoms with E-state index in [1.165, 1.54) is 0 Å². The van der Waals surface area contributed by atoms with E-state index in [1.807, 2.05) is 30.3 Å². The lowest BCUT2D eigenvalue weighted by Gasteiger charge is -2.22. The van der Waals surface area contributed by atoms with Gasteiger partial charge in [-0.3, -0.25) is 9.59 Å². The van der Waals surface area contributed by atoms with Crippen LogP contribution in [0, 0.1) is 5.41 Å². The summed E-state index contributed by atoms with van der Waals surface area (Å²) < 4.78 is 5.72. The van der Waals surface area contributed by atoms with Crippen molar-refractivity contribution in [1.82, 2.24) is 5.32 Å². The first-order chi connectivity index (χ1) is 12.4. The molecule has 26 heavy (non-hydrogen) atoms. The first kappa shape index (κ1) is 19.2. The smallest absolute Gasteiger partial charge is 0.239 e. The Bertz CT molecular complexity index is 753. The predicted octanol–water partition coefficient (Wildman–Crippen LogP) is 3.53. The number of rotatable bonds is 8. The maximum Gasteiger partial charge on any atom is 0.239 e. The minimum atomic E-state index is -1.19. The van der Waals surface area contributed by atoms with Crippen molar-refractivity contribution in [2.45, 2.75) is 20.5 Å². The van der Waals surface area contributed by atoms with Gasteiger partial charge in [-0.1, -0.05) is 36.4 Å². The van der Waals surface area contributed by atoms with Crippen molar-refractivity contribution in [3.63, 3.8) is 0 Å². The molecule has 0 bridgehead atoms. The first-order valence-electron chi connectivity index (χ1n) is 8.41. The Kier molecular flexibility index (Phi) is 6.55. The Hall–Kier alpha value is -3.08. The van der Waals surface area contributed by atoms with E-state index in [1.54, 1.807) is 44.2 Å². The van der Waals surface area contributed by atoms with Crippen LogP contribution < -0.4 is 15.4 Å². The molecule has 0 saturated carbocycles. The van der Waals surface area contributed by atoms with Crippen LogP contribution in [0.25, 0.3) is 0 Å². The number of ether oxygens (including phenoxy) is 1. The van der Waals surface area contributed by atoms with Crippen molar-refractivity contribution in [2.24, 2.45) is 5.41 Å². The van der Waals surface area contributed by atoms with Crippen molar-refractivity contribution >= 4 is 17.5 Å². The van der Waals surface area contributed by atoms with E-state index >= 15 is 0 Å². The molecular weight excluding hydrogens is 328 g/mol. The molecule has 0 saturated heterocycles. The zero-order valence-electron chi connectivity index (χ0n) is 15.1. The molecule has 0 atom stereocenters. The molecule has 0 radical (unpaired) electrons. The maximum atomic E-state index is 12.4. The lowest BCUT2D eigenvalue weighted by molar-refractivity contribution is -0.138. The fourth-order valence-electron chi connectivity index (χ4n) is 2.15. The van der Waals surface area contributed by atoms with Crippen molar-refractivity contribution in [3.8, 4) is 5.75 Å². The summed E-state index contributed by atoms with van der Waals surface area (Å²) in [6.07, 6.45) is 1.57. The first-order valence-corrected chi connectivity index (χ1v) is 8.41. The fraction of sp³-hybridized carbons (Fsp3) is 0.238. The topological polar surface area (TPSA) is 67.4 Å². The molecule has 2 N–H and O–H groups in total. The second-order valence-electron chi connectivity index (χ2n) is 6.38. The van der Waals surface area contributed by atoms with Gasteiger partial charge < -0.3 is 15.4 Å². The van der Waals surface area contributed by atoms with Crippen molar-refractivity contribution < 1.29 is 14.3 Å². The van der Waals surface area contributed by atoms with Gasteiger partial charge in [0.2, 0.25) is 11.8 Å². The van der Waals surface area contributed by atoms with Crippen LogP contribution in [0.5, 0.6) is 5.75 Å². The lowest BCUT2D eigenvalue weighted by Crippen LogP contribution is -2.45. The monoisotopic (exact) mass is 352 g/mol. The normalized spacial score (nSPS) is 10.7. The zero-order valence-corrected chi connectivity index (χ0v) is 15.1. The van der Waals surface area contributed by atoms with E-state index in [-0.39, 0.29) is 11.8 Å². The number of anilines is 1. The highest BCUT2D eigenvalue weighted by Gasteiger charge is 2.35. The summed E-state index contributed by atoms with van der Waals surface area (Å²) in [6, 6.07) is 16.9. The minimum Gasteiger partial charge on any atom is -0.489 e. The van der Waals surface area contributed by atoms with Crippen LogP contribution in [0.2, 0.25) is 0 Å². The zero-order chi connectivity index (χ0) is 19.0. The Morgan fingerprint density at radius 2 is 1.69 bits per heavy atom. The maximum absolute atomic E-state index is 12.4. The number of amides is 2. The summed E-state index contributed by atoms with van der Waals surface area (Å²) in [6.45, 7) is 7.50. The summed E-state index contributed by atoms with van der Waals surface area (Å²) >= 11 is 0. The summed E-state index contributed by atoms with van der Waals surface area (Å²) in [4.78, 5) is 24.5. The Morgan fingerprint density at radius 3 is 2.31 bits per heavy atom. The second-order valence-corrected chi connectivity index (χ2v) is 6.38. The predicted molar refractivity (Wildman–Crippen MR) is 103 cm³/mol. The van der Waals surface area contributed by atoms with Gasteiger partial charge in [0.1, 0.15) is 17.8 Å². The lowest BCUT2D eigenvalue weighted by atomic mass is 9.91. The van der Waals surface area contributed by atoms with Gasteiger partial charge in [-0.25, -0.2) is 0 Å². The molecule has 2 aromatic rings. The van der Waals surface area contributed by atoms with Gasteiger partial charge >= 0.3 is 0 Å². The van der Waals surface area contributed by atoms with Gasteiger partial charge in [0, 0.05) is 12.2 Å². The average molecular weight is 352 g/mol. The van der Waals surface area contributed by atoms with E-state index in [9.17, 15) is 9.59 Å². The molecule has 0 heterocycles. The fourth-order valence-corrected chi connectivity index (χ4v) is 2.15. The molecule has 2 amide bonds. The number of hydrogen-bond acceptors (Lipinski definition) is 3. The summed E-state index contributed by atoms with van der Waals surface area (Å²) in [5.74, 6) is -0.0235. The van der Waals surface area contributed by atoms with Gasteiger partial charge in [0.05, 0.1) is 0 Å². The molecule has 0 aromatic heterocycles. The van der Waals surface area contributed by atoms with Gasteiger partial charge in [0.25, 0.3) is 0 Å². The van der Waals surface area contributed by atoms with Gasteiger partial charge in [-0.05, 0) is 43.7 Å². The number of nitrogens with one attached hydrogen (secondary N) is 2. The number of carbonyl (C=O) groups excluding carboxylic acids is 2. The van der Waals surface area contributed by atoms with E-state index in [0.717, 1.165) is 5.56 Å². The van der Waals surface area contributed by atoms with E-state index < -0.39 is 5.41 Å². The van der Waals surface area contributed by atoms with Crippen LogP contribution in [0.4, 0.5) is 5.69 Å². The van der Waals surface area contributed by atoms with E-state index in [2.05, 4.69) is 17.2 Å². The average Bonchev–Trinajstić information content (AvgIpc) is 2.66. The third-order valence-electron chi connectivity index (χ3n) is 3.90. The van der Waals surface area contributed by atoms with Crippen LogP contribution in [0.15, 0.2) is 67.3 Å². The van der Waals surface area contributed by atoms with Crippen LogP contribution in [0.1, 0.15) is 19.4 Å². The third-order valence-corrected chi connectivity index (χ3v) is 3.90. The molecule has 2 aromatic carbocycles. The quantitative estimate of drug-likeness (QED) is 0.564. The Labute approximate surface area is 154 Å². The molecule has 0 spiro atoms. The molecule has 0 aliphatic carbocycles. The summed E-state index contributed by atoms with van der Waals surface area (Å²) in [7, 11) is 0. The Morgan fingerprint density at radius 1 is 1.04 bits per heavy atom. The highest BCUT2D eigenvalue weighted by atomic mass is 16.5. The summed E-state index contributed by atoms with van der Waals surface area (Å²) in [5.41, 5.74) is 0.495. The van der Waals surface area contributed by atoms with Crippen LogP contribution in [0.3, 0.4) is 0 Å². The molecular formula is C21H24N2O3. The third kappa shape index (κ3) is 5.21. The van der Waals surface area contributed by atoms with Gasteiger partial charge in [-0.2, -0.15) is 0 Å². The number of hydrogen-bond donors (Lipinski definition) is 2. The minimum absolute atomic E-state index is 0.322. The van der Waals surface area contributed by atoms with Crippen molar-refractivity contribution in [2.75, 3.05) is 11.9 Å². The molecule has 136 valence electrons. The summed E-state index contributed by atoms with van der Waals surface area (Å²) in [5, 5.41) is 5.40.